The molecule has 0 spiro atoms. The van der Waals surface area contributed by atoms with Crippen molar-refractivity contribution in [2.45, 2.75) is 117 Å². The van der Waals surface area contributed by atoms with E-state index in [0.717, 1.165) is 70.7 Å². The number of hydrogen-bond acceptors (Lipinski definition) is 4. The van der Waals surface area contributed by atoms with Crippen LogP contribution in [-0.2, 0) is 82.7 Å². The SMILES string of the molecule is CC1=C(c2ccccc2)c2cccc(Sc3cccc4c3CC=C4c3ccccc3)c2C1.CC1CC2C(SC3CCCC4C3CC(C)C4c3ccccc3)CCCC2C1c1ccccc1.S=S=S=S=S.[CH3-].[CH3-].[Cl][Zr+2][Cl]. The molecule has 0 radical (unpaired) electrons. The van der Waals surface area contributed by atoms with E-state index in [-0.39, 0.29) is 14.9 Å². The molecule has 10 unspecified atom stereocenters. The third kappa shape index (κ3) is 14.3. The van der Waals surface area contributed by atoms with Gasteiger partial charge in [-0.1, -0.05) is 196 Å². The van der Waals surface area contributed by atoms with Gasteiger partial charge in [0.05, 0.1) is 0 Å². The molecule has 6 aromatic rings. The molecule has 6 aliphatic carbocycles. The zero-order valence-corrected chi connectivity index (χ0v) is 53.7. The summed E-state index contributed by atoms with van der Waals surface area (Å²) in [4.78, 5) is 2.76. The van der Waals surface area contributed by atoms with Crippen LogP contribution in [0.1, 0.15) is 128 Å². The van der Waals surface area contributed by atoms with Gasteiger partial charge in [-0.05, 0) is 173 Å². The van der Waals surface area contributed by atoms with Crippen molar-refractivity contribution in [2.24, 2.45) is 35.5 Å². The fourth-order valence-corrected chi connectivity index (χ4v) is 20.2. The summed E-state index contributed by atoms with van der Waals surface area (Å²) in [5, 5.41) is 1.82. The zero-order valence-electron chi connectivity index (χ0n) is 44.0. The van der Waals surface area contributed by atoms with Crippen LogP contribution in [0, 0.1) is 50.4 Å². The van der Waals surface area contributed by atoms with Gasteiger partial charge < -0.3 is 14.9 Å². The van der Waals surface area contributed by atoms with Crippen LogP contribution in [0.3, 0.4) is 0 Å². The third-order valence-corrected chi connectivity index (χ3v) is 24.4. The van der Waals surface area contributed by atoms with Crippen molar-refractivity contribution in [3.05, 3.63) is 229 Å². The number of fused-ring (bicyclic) bond motifs is 4. The van der Waals surface area contributed by atoms with Gasteiger partial charge in [0.25, 0.3) is 0 Å². The van der Waals surface area contributed by atoms with Crippen molar-refractivity contribution in [3.8, 4) is 0 Å². The summed E-state index contributed by atoms with van der Waals surface area (Å²) in [6.07, 6.45) is 16.2. The van der Waals surface area contributed by atoms with E-state index in [1.165, 1.54) is 138 Å². The number of rotatable bonds is 8. The Balaban J connectivity index is 0.000000187. The van der Waals surface area contributed by atoms with E-state index >= 15 is 0 Å². The summed E-state index contributed by atoms with van der Waals surface area (Å²) in [6, 6.07) is 58.2. The summed E-state index contributed by atoms with van der Waals surface area (Å²) in [5.74, 6) is 7.04. The van der Waals surface area contributed by atoms with Crippen LogP contribution in [0.2, 0.25) is 0 Å². The summed E-state index contributed by atoms with van der Waals surface area (Å²) < 4.78 is 0. The van der Waals surface area contributed by atoms with E-state index < -0.39 is 20.8 Å². The minimum atomic E-state index is -0.826. The number of thioether (sulfide) groups is 1. The molecule has 0 aromatic heterocycles. The van der Waals surface area contributed by atoms with Crippen LogP contribution in [0.4, 0.5) is 0 Å². The van der Waals surface area contributed by atoms with E-state index in [2.05, 4.69) is 219 Å². The predicted octanol–water partition coefficient (Wildman–Crippen LogP) is 19.4. The van der Waals surface area contributed by atoms with Crippen molar-refractivity contribution >= 4 is 101 Å². The Kier molecular flexibility index (Phi) is 24.3. The summed E-state index contributed by atoms with van der Waals surface area (Å²) >= 11 is 12.5. The average molecular weight is 1240 g/mol. The average Bonchev–Trinajstić information content (AvgIpc) is 4.21. The number of benzene rings is 6. The molecule has 6 aromatic carbocycles. The molecule has 4 saturated carbocycles. The fourth-order valence-electron chi connectivity index (χ4n) is 14.2. The van der Waals surface area contributed by atoms with E-state index in [9.17, 15) is 0 Å². The summed E-state index contributed by atoms with van der Waals surface area (Å²) in [7, 11) is 13.8. The topological polar surface area (TPSA) is 0 Å². The Morgan fingerprint density at radius 1 is 0.520 bits per heavy atom. The molecule has 6 aliphatic rings. The third-order valence-electron chi connectivity index (χ3n) is 16.9. The molecule has 0 saturated heterocycles. The summed E-state index contributed by atoms with van der Waals surface area (Å²) in [5.41, 5.74) is 15.8. The van der Waals surface area contributed by atoms with Crippen molar-refractivity contribution in [3.63, 3.8) is 0 Å². The first kappa shape index (κ1) is 60.7. The first-order chi connectivity index (χ1) is 35.8. The standard InChI is InChI=1S/C32H42S.C31H24S.2CH3.2ClH.S5.Zr/c1-21-19-27-25(31(21)23-11-5-3-6-12-23)15-9-17-29(27)33-30-18-10-16-26-28(30)20-22(2)32(26)24-13-7-4-8-14-24;1-21-20-28-27(31(21)23-12-6-3-7-13-23)15-9-17-30(28)32-29-16-8-14-25-24(18-19-26(25)29)22-10-4-2-5-11-22;;;;;1-3-5-4-2;/h3-8,11-14,21-22,25-32H,9-10,15-20H2,1-2H3;2-18H,19-20H2,1H3;2*1H3;2*1H;;/q;;2*-1;;;;+4/p-2. The van der Waals surface area contributed by atoms with Gasteiger partial charge in [0.2, 0.25) is 0 Å². The molecule has 10 atom stereocenters. The molecule has 0 nitrogen and oxygen atoms in total. The van der Waals surface area contributed by atoms with Crippen LogP contribution in [0.15, 0.2) is 179 Å². The van der Waals surface area contributed by atoms with Crippen molar-refractivity contribution in [1.29, 1.82) is 0 Å². The second-order valence-electron chi connectivity index (χ2n) is 20.9. The van der Waals surface area contributed by atoms with Crippen LogP contribution >= 0.6 is 40.5 Å². The normalized spacial score (nSPS) is 25.4. The van der Waals surface area contributed by atoms with Gasteiger partial charge in [-0.3, -0.25) is 0 Å². The van der Waals surface area contributed by atoms with Gasteiger partial charge in [-0.25, -0.2) is 0 Å². The van der Waals surface area contributed by atoms with Crippen LogP contribution < -0.4 is 0 Å². The number of halogens is 2. The maximum atomic E-state index is 4.93. The predicted molar refractivity (Wildman–Crippen MR) is 340 cm³/mol. The second-order valence-corrected chi connectivity index (χ2v) is 32.5. The molecule has 0 heterocycles. The van der Waals surface area contributed by atoms with Gasteiger partial charge in [0, 0.05) is 69.3 Å². The molecule has 0 amide bonds. The Morgan fingerprint density at radius 2 is 0.973 bits per heavy atom. The van der Waals surface area contributed by atoms with Gasteiger partial charge in [0.15, 0.2) is 0 Å². The van der Waals surface area contributed by atoms with E-state index in [4.69, 9.17) is 17.0 Å². The van der Waals surface area contributed by atoms with Crippen LogP contribution in [0.25, 0.3) is 11.1 Å². The molecule has 0 N–H and O–H groups in total. The molecule has 0 bridgehead atoms. The van der Waals surface area contributed by atoms with Gasteiger partial charge in [-0.15, -0.1) is 0 Å². The van der Waals surface area contributed by atoms with Gasteiger partial charge in [0.1, 0.15) is 0 Å². The van der Waals surface area contributed by atoms with Crippen molar-refractivity contribution in [1.82, 2.24) is 0 Å². The van der Waals surface area contributed by atoms with E-state index in [1.54, 1.807) is 11.1 Å². The van der Waals surface area contributed by atoms with Crippen molar-refractivity contribution in [2.75, 3.05) is 0 Å². The minimum absolute atomic E-state index is 0. The Hall–Kier alpha value is -1.94. The molecular formula is C65H72Cl2S7Zr. The molecule has 12 rings (SSSR count). The van der Waals surface area contributed by atoms with E-state index in [0.29, 0.717) is 0 Å². The van der Waals surface area contributed by atoms with Crippen molar-refractivity contribution < 1.29 is 20.8 Å². The van der Waals surface area contributed by atoms with Gasteiger partial charge in [-0.2, -0.15) is 11.8 Å². The molecule has 0 aliphatic heterocycles. The number of allylic oxidation sites excluding steroid dienone is 2. The maximum absolute atomic E-state index is 4.93. The quantitative estimate of drug-likeness (QED) is 0.139. The second kappa shape index (κ2) is 30.0. The Bertz CT molecular complexity index is 2880. The number of hydrogen-bond donors (Lipinski definition) is 0. The summed E-state index contributed by atoms with van der Waals surface area (Å²) in [6.45, 7) is 7.39. The van der Waals surface area contributed by atoms with Crippen LogP contribution in [0.5, 0.6) is 0 Å². The molecule has 75 heavy (non-hydrogen) atoms. The molecule has 10 heteroatoms. The Morgan fingerprint density at radius 3 is 1.45 bits per heavy atom. The molecule has 392 valence electrons. The van der Waals surface area contributed by atoms with Gasteiger partial charge >= 0.3 is 37.9 Å². The molecular weight excluding hydrogens is 1170 g/mol. The Labute approximate surface area is 497 Å². The van der Waals surface area contributed by atoms with E-state index in [1.807, 2.05) is 11.8 Å². The first-order valence-electron chi connectivity index (χ1n) is 26.2. The monoisotopic (exact) mass is 1240 g/mol. The first-order valence-corrected chi connectivity index (χ1v) is 39.7. The zero-order chi connectivity index (χ0) is 50.7. The fraction of sp³-hybridized carbons (Fsp3) is 0.354. The molecule has 4 fully saturated rings. The van der Waals surface area contributed by atoms with Crippen LogP contribution in [-0.4, -0.2) is 10.5 Å².